The van der Waals surface area contributed by atoms with E-state index in [0.717, 1.165) is 24.0 Å². The van der Waals surface area contributed by atoms with Crippen molar-refractivity contribution in [1.82, 2.24) is 9.71 Å². The first-order valence-corrected chi connectivity index (χ1v) is 10.5. The number of nitrogens with zero attached hydrogens (tertiary/aromatic N) is 3. The normalized spacial score (nSPS) is 20.3. The van der Waals surface area contributed by atoms with Gasteiger partial charge in [-0.05, 0) is 42.5 Å². The Hall–Kier alpha value is -2.66. The molecule has 7 nitrogen and oxygen atoms in total. The predicted octanol–water partition coefficient (Wildman–Crippen LogP) is 2.03. The zero-order valence-electron chi connectivity index (χ0n) is 15.3. The monoisotopic (exact) mass is 386 g/mol. The Bertz CT molecular complexity index is 1010. The van der Waals surface area contributed by atoms with Gasteiger partial charge in [0.2, 0.25) is 15.9 Å². The van der Waals surface area contributed by atoms with E-state index in [1.54, 1.807) is 12.3 Å². The summed E-state index contributed by atoms with van der Waals surface area (Å²) in [5.74, 6) is -0.439. The van der Waals surface area contributed by atoms with Gasteiger partial charge in [-0.25, -0.2) is 8.42 Å². The molecule has 0 unspecified atom stereocenters. The maximum atomic E-state index is 12.2. The van der Waals surface area contributed by atoms with Crippen molar-refractivity contribution in [2.45, 2.75) is 20.3 Å². The van der Waals surface area contributed by atoms with Crippen molar-refractivity contribution in [2.24, 2.45) is 11.8 Å². The van der Waals surface area contributed by atoms with Crippen LogP contribution in [0.3, 0.4) is 0 Å². The lowest BCUT2D eigenvalue weighted by molar-refractivity contribution is -0.117. The topological polar surface area (TPSA) is 103 Å². The molecule has 1 fully saturated rings. The van der Waals surface area contributed by atoms with E-state index in [9.17, 15) is 18.5 Å². The highest BCUT2D eigenvalue weighted by atomic mass is 32.2. The fourth-order valence-corrected chi connectivity index (χ4v) is 5.28. The number of fused-ring (bicyclic) bond motifs is 1. The fourth-order valence-electron chi connectivity index (χ4n) is 3.89. The van der Waals surface area contributed by atoms with E-state index in [1.165, 1.54) is 6.92 Å². The quantitative estimate of drug-likeness (QED) is 0.862. The minimum atomic E-state index is -3.64. The largest absolute Gasteiger partial charge is 0.370 e. The van der Waals surface area contributed by atoms with Gasteiger partial charge in [0, 0.05) is 37.3 Å². The third kappa shape index (κ3) is 4.37. The third-order valence-electron chi connectivity index (χ3n) is 4.71. The second-order valence-electron chi connectivity index (χ2n) is 7.20. The summed E-state index contributed by atoms with van der Waals surface area (Å²) in [7, 11) is -3.64. The van der Waals surface area contributed by atoms with Crippen molar-refractivity contribution >= 4 is 32.5 Å². The van der Waals surface area contributed by atoms with Gasteiger partial charge in [-0.15, -0.1) is 0 Å². The van der Waals surface area contributed by atoms with Crippen molar-refractivity contribution in [3.63, 3.8) is 0 Å². The number of hydrogen-bond donors (Lipinski definition) is 1. The van der Waals surface area contributed by atoms with Gasteiger partial charge in [0.1, 0.15) is 6.07 Å². The molecule has 1 aromatic heterocycles. The molecule has 1 amide bonds. The van der Waals surface area contributed by atoms with Crippen LogP contribution in [0.5, 0.6) is 0 Å². The molecule has 2 aromatic rings. The van der Waals surface area contributed by atoms with Gasteiger partial charge in [0.25, 0.3) is 0 Å². The molecule has 1 aromatic carbocycles. The number of hydrogen-bond acceptors (Lipinski definition) is 6. The molecule has 2 atom stereocenters. The molecule has 1 aliphatic heterocycles. The zero-order valence-corrected chi connectivity index (χ0v) is 16.2. The van der Waals surface area contributed by atoms with Crippen LogP contribution in [0.25, 0.3) is 10.9 Å². The molecule has 2 heterocycles. The summed E-state index contributed by atoms with van der Waals surface area (Å²) in [6.07, 6.45) is 2.44. The zero-order chi connectivity index (χ0) is 19.6. The maximum absolute atomic E-state index is 12.2. The number of pyridine rings is 1. The first kappa shape index (κ1) is 19.1. The van der Waals surface area contributed by atoms with Gasteiger partial charge in [-0.2, -0.15) is 5.26 Å². The summed E-state index contributed by atoms with van der Waals surface area (Å²) < 4.78 is 26.4. The number of rotatable bonds is 4. The summed E-state index contributed by atoms with van der Waals surface area (Å²) >= 11 is 0. The molecular formula is C19H22N4O3S. The predicted molar refractivity (Wildman–Crippen MR) is 104 cm³/mol. The average Bonchev–Trinajstić information content (AvgIpc) is 2.58. The van der Waals surface area contributed by atoms with Crippen LogP contribution in [0.15, 0.2) is 30.5 Å². The summed E-state index contributed by atoms with van der Waals surface area (Å²) in [5.41, 5.74) is 2.12. The van der Waals surface area contributed by atoms with Crippen LogP contribution in [0.4, 0.5) is 5.69 Å². The van der Waals surface area contributed by atoms with Crippen molar-refractivity contribution in [1.29, 1.82) is 5.26 Å². The number of piperidine rings is 1. The van der Waals surface area contributed by atoms with Crippen molar-refractivity contribution < 1.29 is 13.2 Å². The van der Waals surface area contributed by atoms with Crippen LogP contribution in [-0.2, 0) is 14.8 Å². The number of carbonyl (C=O) groups is 1. The fraction of sp³-hybridized carbons (Fsp3) is 0.421. The molecule has 8 heteroatoms. The first-order valence-electron chi connectivity index (χ1n) is 8.83. The number of benzene rings is 1. The molecular weight excluding hydrogens is 364 g/mol. The first-order chi connectivity index (χ1) is 12.8. The van der Waals surface area contributed by atoms with E-state index in [2.05, 4.69) is 22.9 Å². The summed E-state index contributed by atoms with van der Waals surface area (Å²) in [6, 6.07) is 9.59. The van der Waals surface area contributed by atoms with Crippen LogP contribution in [-0.4, -0.2) is 38.2 Å². The van der Waals surface area contributed by atoms with E-state index in [-0.39, 0.29) is 11.7 Å². The Labute approximate surface area is 159 Å². The molecule has 0 saturated carbocycles. The SMILES string of the molecule is CC(=O)NS(=O)(=O)C[C@@H]1C[C@H](C)CN(c2ccc(C#N)c3ncccc23)C1. The minimum absolute atomic E-state index is 0.0835. The molecule has 1 saturated heterocycles. The molecule has 1 N–H and O–H groups in total. The van der Waals surface area contributed by atoms with Gasteiger partial charge in [-0.1, -0.05) is 6.92 Å². The standard InChI is InChI=1S/C19H22N4O3S/c1-13-8-15(12-27(25,26)22-14(2)24)11-23(10-13)18-6-5-16(9-20)19-17(18)4-3-7-21-19/h3-7,13,15H,8,10-12H2,1-2H3,(H,22,24)/t13-,15+/m0/s1. The Morgan fingerprint density at radius 3 is 2.85 bits per heavy atom. The summed E-state index contributed by atoms with van der Waals surface area (Å²) in [4.78, 5) is 17.6. The molecule has 0 spiro atoms. The van der Waals surface area contributed by atoms with Gasteiger partial charge < -0.3 is 4.90 Å². The number of nitriles is 1. The maximum Gasteiger partial charge on any atom is 0.235 e. The number of aromatic nitrogens is 1. The highest BCUT2D eigenvalue weighted by Crippen LogP contribution is 2.33. The van der Waals surface area contributed by atoms with Crippen molar-refractivity contribution in [2.75, 3.05) is 23.7 Å². The molecule has 27 heavy (non-hydrogen) atoms. The van der Waals surface area contributed by atoms with Gasteiger partial charge >= 0.3 is 0 Å². The highest BCUT2D eigenvalue weighted by Gasteiger charge is 2.30. The molecule has 142 valence electrons. The molecule has 0 aliphatic carbocycles. The van der Waals surface area contributed by atoms with Crippen molar-refractivity contribution in [3.8, 4) is 6.07 Å². The summed E-state index contributed by atoms with van der Waals surface area (Å²) in [6.45, 7) is 4.66. The van der Waals surface area contributed by atoms with Gasteiger partial charge in [0.15, 0.2) is 0 Å². The Balaban J connectivity index is 1.90. The smallest absolute Gasteiger partial charge is 0.235 e. The number of anilines is 1. The number of sulfonamides is 1. The van der Waals surface area contributed by atoms with E-state index in [1.807, 2.05) is 22.9 Å². The number of nitrogens with one attached hydrogen (secondary N) is 1. The Morgan fingerprint density at radius 2 is 2.15 bits per heavy atom. The number of carbonyl (C=O) groups excluding carboxylic acids is 1. The van der Waals surface area contributed by atoms with E-state index >= 15 is 0 Å². The Kier molecular flexibility index (Phi) is 5.33. The molecule has 3 rings (SSSR count). The van der Waals surface area contributed by atoms with Crippen LogP contribution in [0, 0.1) is 23.2 Å². The number of amides is 1. The van der Waals surface area contributed by atoms with Gasteiger partial charge in [-0.3, -0.25) is 14.5 Å². The van der Waals surface area contributed by atoms with Crippen LogP contribution in [0.1, 0.15) is 25.8 Å². The van der Waals surface area contributed by atoms with E-state index < -0.39 is 15.9 Å². The molecule has 0 radical (unpaired) electrons. The lowest BCUT2D eigenvalue weighted by Gasteiger charge is -2.38. The molecule has 0 bridgehead atoms. The van der Waals surface area contributed by atoms with Gasteiger partial charge in [0.05, 0.1) is 16.8 Å². The average molecular weight is 386 g/mol. The van der Waals surface area contributed by atoms with Crippen LogP contribution < -0.4 is 9.62 Å². The van der Waals surface area contributed by atoms with Crippen LogP contribution in [0.2, 0.25) is 0 Å². The summed E-state index contributed by atoms with van der Waals surface area (Å²) in [5, 5.41) is 10.2. The molecule has 1 aliphatic rings. The van der Waals surface area contributed by atoms with Crippen LogP contribution >= 0.6 is 0 Å². The highest BCUT2D eigenvalue weighted by molar-refractivity contribution is 7.90. The lowest BCUT2D eigenvalue weighted by atomic mass is 9.91. The van der Waals surface area contributed by atoms with E-state index in [4.69, 9.17) is 0 Å². The second kappa shape index (κ2) is 7.53. The second-order valence-corrected chi connectivity index (χ2v) is 8.96. The Morgan fingerprint density at radius 1 is 1.37 bits per heavy atom. The lowest BCUT2D eigenvalue weighted by Crippen LogP contribution is -2.44. The van der Waals surface area contributed by atoms with Crippen molar-refractivity contribution in [3.05, 3.63) is 36.0 Å². The third-order valence-corrected chi connectivity index (χ3v) is 6.22. The van der Waals surface area contributed by atoms with E-state index in [0.29, 0.717) is 23.5 Å². The minimum Gasteiger partial charge on any atom is -0.370 e.